The molecule has 2 aromatic carbocycles. The number of benzene rings is 2. The van der Waals surface area contributed by atoms with Gasteiger partial charge in [0.15, 0.2) is 0 Å². The third-order valence-electron chi connectivity index (χ3n) is 12.9. The van der Waals surface area contributed by atoms with Gasteiger partial charge in [-0.3, -0.25) is 9.59 Å². The molecule has 3 fully saturated rings. The number of fused-ring (bicyclic) bond motifs is 5. The van der Waals surface area contributed by atoms with Crippen molar-refractivity contribution in [3.63, 3.8) is 0 Å². The van der Waals surface area contributed by atoms with Crippen LogP contribution in [0.1, 0.15) is 87.7 Å². The molecule has 312 valence electrons. The molecule has 4 N–H and O–H groups in total. The Morgan fingerprint density at radius 2 is 1.36 bits per heavy atom. The third-order valence-corrected chi connectivity index (χ3v) is 12.9. The molecule has 15 nitrogen and oxygen atoms in total. The van der Waals surface area contributed by atoms with E-state index in [0.717, 1.165) is 73.3 Å². The molecule has 0 spiro atoms. The van der Waals surface area contributed by atoms with Crippen LogP contribution in [0.4, 0.5) is 9.59 Å². The van der Waals surface area contributed by atoms with Gasteiger partial charge in [0.1, 0.15) is 23.7 Å². The second-order valence-electron chi connectivity index (χ2n) is 16.6. The number of alkyl carbamates (subject to hydrolysis) is 2. The predicted octanol–water partition coefficient (Wildman–Crippen LogP) is 6.09. The maximum absolute atomic E-state index is 14.0. The Labute approximate surface area is 344 Å². The molecule has 2 bridgehead atoms. The molecular weight excluding hydrogens is 753 g/mol. The van der Waals surface area contributed by atoms with Crippen LogP contribution < -0.4 is 10.6 Å². The number of aryl methyl sites for hydroxylation is 2. The van der Waals surface area contributed by atoms with Crippen molar-refractivity contribution in [2.24, 2.45) is 11.8 Å². The van der Waals surface area contributed by atoms with E-state index < -0.39 is 30.4 Å². The summed E-state index contributed by atoms with van der Waals surface area (Å²) in [5, 5.41) is 5.41. The van der Waals surface area contributed by atoms with Crippen LogP contribution in [-0.4, -0.2) is 106 Å². The zero-order chi connectivity index (χ0) is 41.5. The Balaban J connectivity index is 0.982. The molecule has 2 aromatic heterocycles. The number of methoxy groups -OCH3 is 3. The van der Waals surface area contributed by atoms with Gasteiger partial charge >= 0.3 is 12.2 Å². The van der Waals surface area contributed by atoms with Gasteiger partial charge in [-0.25, -0.2) is 19.6 Å². The van der Waals surface area contributed by atoms with E-state index in [1.807, 2.05) is 31.1 Å². The number of aromatic nitrogens is 4. The first-order valence-corrected chi connectivity index (χ1v) is 20.7. The molecule has 15 heteroatoms. The zero-order valence-electron chi connectivity index (χ0n) is 34.5. The van der Waals surface area contributed by atoms with Gasteiger partial charge in [0.25, 0.3) is 0 Å². The number of nitrogens with one attached hydrogen (secondary N) is 4. The van der Waals surface area contributed by atoms with Crippen molar-refractivity contribution in [3.8, 4) is 33.6 Å². The monoisotopic (exact) mass is 806 g/mol. The fourth-order valence-corrected chi connectivity index (χ4v) is 9.73. The van der Waals surface area contributed by atoms with Gasteiger partial charge in [-0.15, -0.1) is 0 Å². The van der Waals surface area contributed by atoms with Gasteiger partial charge in [-0.1, -0.05) is 38.1 Å². The van der Waals surface area contributed by atoms with E-state index in [0.29, 0.717) is 18.3 Å². The first-order chi connectivity index (χ1) is 28.5. The average molecular weight is 807 g/mol. The molecule has 4 heterocycles. The number of piperidine rings is 1. The van der Waals surface area contributed by atoms with E-state index in [-0.39, 0.29) is 35.9 Å². The van der Waals surface area contributed by atoms with Crippen molar-refractivity contribution in [1.29, 1.82) is 0 Å². The number of carbonyl (C=O) groups is 4. The SMILES string of the molecule is COC(=O)NC(C(=O)N1CCC[C@H]1c1ncc(-c2ccc3c(c2)CCc2cc(-c4cnc([C@@H]5C6CCC(C6)N5C(=O)[C@@H](NC(=O)OC)C(C)C)[nH]4)ccc2-3)[nH]1)[C@@H](C)OC. The quantitative estimate of drug-likeness (QED) is 0.139. The van der Waals surface area contributed by atoms with E-state index in [2.05, 4.69) is 57.0 Å². The lowest BCUT2D eigenvalue weighted by molar-refractivity contribution is -0.139. The minimum absolute atomic E-state index is 0.0889. The van der Waals surface area contributed by atoms with Crippen molar-refractivity contribution in [2.75, 3.05) is 27.9 Å². The molecule has 4 aliphatic rings. The summed E-state index contributed by atoms with van der Waals surface area (Å²) < 4.78 is 15.0. The predicted molar refractivity (Wildman–Crippen MR) is 219 cm³/mol. The lowest BCUT2D eigenvalue weighted by Gasteiger charge is -2.37. The normalized spacial score (nSPS) is 22.1. The Bertz CT molecular complexity index is 2230. The number of H-pyrrole nitrogens is 2. The molecule has 8 rings (SSSR count). The molecule has 59 heavy (non-hydrogen) atoms. The molecule has 4 aromatic rings. The minimum atomic E-state index is -0.892. The maximum atomic E-state index is 14.0. The largest absolute Gasteiger partial charge is 0.453 e. The van der Waals surface area contributed by atoms with Gasteiger partial charge in [-0.05, 0) is 109 Å². The van der Waals surface area contributed by atoms with E-state index in [4.69, 9.17) is 24.2 Å². The van der Waals surface area contributed by atoms with Gasteiger partial charge in [0.05, 0.1) is 56.2 Å². The average Bonchev–Trinajstić information content (AvgIpc) is 4.11. The highest BCUT2D eigenvalue weighted by atomic mass is 16.5. The summed E-state index contributed by atoms with van der Waals surface area (Å²) >= 11 is 0. The second kappa shape index (κ2) is 16.5. The van der Waals surface area contributed by atoms with Crippen molar-refractivity contribution in [3.05, 3.63) is 71.6 Å². The van der Waals surface area contributed by atoms with Crippen LogP contribution in [0.5, 0.6) is 0 Å². The molecule has 0 radical (unpaired) electrons. The highest BCUT2D eigenvalue weighted by molar-refractivity contribution is 5.88. The highest BCUT2D eigenvalue weighted by Crippen LogP contribution is 2.50. The number of likely N-dealkylation sites (tertiary alicyclic amines) is 2. The van der Waals surface area contributed by atoms with Gasteiger partial charge < -0.3 is 44.6 Å². The first-order valence-electron chi connectivity index (χ1n) is 20.7. The van der Waals surface area contributed by atoms with Gasteiger partial charge in [0.2, 0.25) is 11.8 Å². The number of hydrogen-bond donors (Lipinski definition) is 4. The number of rotatable bonds is 11. The standard InChI is InChI=1S/C44H54N8O7/c1-23(2)36(49-43(55)58-5)42(54)52-30-14-11-29(20-30)38(52)40-46-22-34(48-40)28-13-16-32-26(19-28)10-9-25-18-27(12-15-31(25)32)33-21-45-39(47-33)35-8-7-17-51(35)41(53)37(24(3)57-4)50-44(56)59-6/h12-13,15-16,18-19,21-24,29-30,35-38H,7-11,14,17,20H2,1-6H3,(H,45,47)(H,46,48)(H,49,55)(H,50,56)/t24-,29?,30?,35+,36+,37?,38+/m1/s1. The summed E-state index contributed by atoms with van der Waals surface area (Å²) in [4.78, 5) is 72.3. The summed E-state index contributed by atoms with van der Waals surface area (Å²) in [6.45, 7) is 6.16. The minimum Gasteiger partial charge on any atom is -0.453 e. The van der Waals surface area contributed by atoms with Crippen LogP contribution >= 0.6 is 0 Å². The summed E-state index contributed by atoms with van der Waals surface area (Å²) in [6.07, 6.45) is 8.12. The highest BCUT2D eigenvalue weighted by Gasteiger charge is 2.51. The van der Waals surface area contributed by atoms with E-state index in [1.165, 1.54) is 43.6 Å². The summed E-state index contributed by atoms with van der Waals surface area (Å²) in [7, 11) is 4.08. The summed E-state index contributed by atoms with van der Waals surface area (Å²) in [6, 6.07) is 11.2. The smallest absolute Gasteiger partial charge is 0.407 e. The molecular formula is C44H54N8O7. The molecule has 3 unspecified atom stereocenters. The lowest BCUT2D eigenvalue weighted by atomic mass is 9.83. The van der Waals surface area contributed by atoms with Crippen LogP contribution in [0.25, 0.3) is 33.6 Å². The van der Waals surface area contributed by atoms with Gasteiger partial charge in [0, 0.05) is 19.7 Å². The molecule has 2 saturated heterocycles. The second-order valence-corrected chi connectivity index (χ2v) is 16.6. The lowest BCUT2D eigenvalue weighted by Crippen LogP contribution is -2.54. The topological polar surface area (TPSA) is 184 Å². The molecule has 7 atom stereocenters. The molecule has 4 amide bonds. The first kappa shape index (κ1) is 40.1. The third kappa shape index (κ3) is 7.56. The number of ether oxygens (including phenoxy) is 3. The van der Waals surface area contributed by atoms with Crippen molar-refractivity contribution in [2.45, 2.75) is 102 Å². The van der Waals surface area contributed by atoms with Crippen LogP contribution in [0, 0.1) is 11.8 Å². The number of hydrogen-bond acceptors (Lipinski definition) is 9. The van der Waals surface area contributed by atoms with E-state index >= 15 is 0 Å². The number of carbonyl (C=O) groups excluding carboxylic acids is 4. The van der Waals surface area contributed by atoms with Crippen LogP contribution in [0.15, 0.2) is 48.8 Å². The van der Waals surface area contributed by atoms with E-state index in [9.17, 15) is 19.2 Å². The van der Waals surface area contributed by atoms with E-state index in [1.54, 1.807) is 11.8 Å². The zero-order valence-corrected chi connectivity index (χ0v) is 34.5. The maximum Gasteiger partial charge on any atom is 0.407 e. The number of nitrogens with zero attached hydrogens (tertiary/aromatic N) is 4. The Hall–Kier alpha value is -5.70. The Morgan fingerprint density at radius 1 is 0.763 bits per heavy atom. The van der Waals surface area contributed by atoms with Crippen LogP contribution in [0.3, 0.4) is 0 Å². The molecule has 1 saturated carbocycles. The Morgan fingerprint density at radius 3 is 1.95 bits per heavy atom. The number of imidazole rings is 2. The van der Waals surface area contributed by atoms with Gasteiger partial charge in [-0.2, -0.15) is 0 Å². The Kier molecular flexibility index (Phi) is 11.2. The van der Waals surface area contributed by atoms with Crippen molar-refractivity contribution < 1.29 is 33.4 Å². The van der Waals surface area contributed by atoms with Crippen molar-refractivity contribution >= 4 is 24.0 Å². The number of amides is 4. The molecule has 2 aliphatic heterocycles. The van der Waals surface area contributed by atoms with Crippen LogP contribution in [0.2, 0.25) is 0 Å². The summed E-state index contributed by atoms with van der Waals surface area (Å²) in [5.41, 5.74) is 8.79. The summed E-state index contributed by atoms with van der Waals surface area (Å²) in [5.74, 6) is 1.38. The van der Waals surface area contributed by atoms with Crippen molar-refractivity contribution in [1.82, 2.24) is 40.4 Å². The van der Waals surface area contributed by atoms with Crippen LogP contribution in [-0.2, 0) is 36.6 Å². The fraction of sp³-hybridized carbons (Fsp3) is 0.500. The molecule has 2 aliphatic carbocycles. The fourth-order valence-electron chi connectivity index (χ4n) is 9.73. The number of aromatic amines is 2.